The highest BCUT2D eigenvalue weighted by molar-refractivity contribution is 5.23. The van der Waals surface area contributed by atoms with E-state index in [1.807, 2.05) is 0 Å². The number of aryl methyl sites for hydroxylation is 1. The lowest BCUT2D eigenvalue weighted by atomic mass is 10.1. The fraction of sp³-hybridized carbons (Fsp3) is 0.625. The summed E-state index contributed by atoms with van der Waals surface area (Å²) in [5.41, 5.74) is 2.59. The summed E-state index contributed by atoms with van der Waals surface area (Å²) in [7, 11) is 0. The molecule has 2 heteroatoms. The first-order valence-electron chi connectivity index (χ1n) is 7.06. The van der Waals surface area contributed by atoms with Crippen LogP contribution in [-0.4, -0.2) is 19.2 Å². The molecule has 0 heterocycles. The number of nitrogens with one attached hydrogen (secondary N) is 1. The quantitative estimate of drug-likeness (QED) is 0.796. The first-order valence-corrected chi connectivity index (χ1v) is 7.06. The standard InChI is InChI=1S/C16H25NO/c1-12(2)17-10-16(18-11-14-6-7-14)15-8-4-13(3)5-9-15/h4-5,8-9,12,14,16-17H,6-7,10-11H2,1-3H3. The molecular weight excluding hydrogens is 222 g/mol. The molecule has 1 aliphatic carbocycles. The smallest absolute Gasteiger partial charge is 0.0949 e. The summed E-state index contributed by atoms with van der Waals surface area (Å²) in [6.07, 6.45) is 2.88. The van der Waals surface area contributed by atoms with Crippen LogP contribution in [0.5, 0.6) is 0 Å². The largest absolute Gasteiger partial charge is 0.372 e. The Balaban J connectivity index is 1.94. The molecule has 2 rings (SSSR count). The third kappa shape index (κ3) is 4.43. The monoisotopic (exact) mass is 247 g/mol. The minimum atomic E-state index is 0.189. The highest BCUT2D eigenvalue weighted by Gasteiger charge is 2.23. The van der Waals surface area contributed by atoms with Gasteiger partial charge < -0.3 is 10.1 Å². The Morgan fingerprint density at radius 2 is 1.89 bits per heavy atom. The van der Waals surface area contributed by atoms with Gasteiger partial charge in [-0.1, -0.05) is 43.7 Å². The van der Waals surface area contributed by atoms with E-state index < -0.39 is 0 Å². The van der Waals surface area contributed by atoms with Gasteiger partial charge in [0.2, 0.25) is 0 Å². The van der Waals surface area contributed by atoms with Crippen molar-refractivity contribution in [3.63, 3.8) is 0 Å². The van der Waals surface area contributed by atoms with Gasteiger partial charge in [-0.05, 0) is 31.2 Å². The van der Waals surface area contributed by atoms with E-state index in [0.29, 0.717) is 6.04 Å². The van der Waals surface area contributed by atoms with Crippen molar-refractivity contribution >= 4 is 0 Å². The van der Waals surface area contributed by atoms with Crippen LogP contribution in [-0.2, 0) is 4.74 Å². The molecule has 1 aromatic rings. The molecule has 2 nitrogen and oxygen atoms in total. The van der Waals surface area contributed by atoms with Gasteiger partial charge in [-0.3, -0.25) is 0 Å². The normalized spacial score (nSPS) is 17.1. The zero-order valence-electron chi connectivity index (χ0n) is 11.8. The van der Waals surface area contributed by atoms with Crippen molar-refractivity contribution in [2.24, 2.45) is 5.92 Å². The number of hydrogen-bond donors (Lipinski definition) is 1. The molecule has 0 aromatic heterocycles. The van der Waals surface area contributed by atoms with Gasteiger partial charge >= 0.3 is 0 Å². The maximum Gasteiger partial charge on any atom is 0.0949 e. The second kappa shape index (κ2) is 6.35. The van der Waals surface area contributed by atoms with Crippen LogP contribution < -0.4 is 5.32 Å². The molecule has 1 aliphatic rings. The molecule has 1 atom stereocenters. The Morgan fingerprint density at radius 3 is 2.44 bits per heavy atom. The predicted molar refractivity (Wildman–Crippen MR) is 75.7 cm³/mol. The first-order chi connectivity index (χ1) is 8.65. The van der Waals surface area contributed by atoms with Crippen LogP contribution in [0, 0.1) is 12.8 Å². The lowest BCUT2D eigenvalue weighted by molar-refractivity contribution is 0.0440. The average molecular weight is 247 g/mol. The van der Waals surface area contributed by atoms with E-state index in [9.17, 15) is 0 Å². The second-order valence-electron chi connectivity index (χ2n) is 5.74. The number of hydrogen-bond acceptors (Lipinski definition) is 2. The third-order valence-corrected chi connectivity index (χ3v) is 3.39. The molecule has 0 saturated heterocycles. The van der Waals surface area contributed by atoms with Crippen molar-refractivity contribution < 1.29 is 4.74 Å². The van der Waals surface area contributed by atoms with Crippen molar-refractivity contribution in [2.75, 3.05) is 13.2 Å². The van der Waals surface area contributed by atoms with Gasteiger partial charge in [-0.2, -0.15) is 0 Å². The SMILES string of the molecule is Cc1ccc(C(CNC(C)C)OCC2CC2)cc1. The Labute approximate surface area is 111 Å². The second-order valence-corrected chi connectivity index (χ2v) is 5.74. The van der Waals surface area contributed by atoms with E-state index in [0.717, 1.165) is 19.1 Å². The maximum absolute atomic E-state index is 6.08. The summed E-state index contributed by atoms with van der Waals surface area (Å²) >= 11 is 0. The van der Waals surface area contributed by atoms with Crippen LogP contribution in [0.3, 0.4) is 0 Å². The lowest BCUT2D eigenvalue weighted by Crippen LogP contribution is -2.29. The van der Waals surface area contributed by atoms with Gasteiger partial charge in [0, 0.05) is 12.6 Å². The minimum absolute atomic E-state index is 0.189. The summed E-state index contributed by atoms with van der Waals surface area (Å²) in [5.74, 6) is 0.817. The van der Waals surface area contributed by atoms with Crippen molar-refractivity contribution in [1.29, 1.82) is 0 Å². The van der Waals surface area contributed by atoms with Crippen LogP contribution >= 0.6 is 0 Å². The highest BCUT2D eigenvalue weighted by Crippen LogP contribution is 2.31. The van der Waals surface area contributed by atoms with Crippen LogP contribution in [0.15, 0.2) is 24.3 Å². The molecule has 18 heavy (non-hydrogen) atoms. The highest BCUT2D eigenvalue weighted by atomic mass is 16.5. The average Bonchev–Trinajstić information content (AvgIpc) is 3.14. The summed E-state index contributed by atoms with van der Waals surface area (Å²) < 4.78 is 6.08. The van der Waals surface area contributed by atoms with Crippen molar-refractivity contribution in [1.82, 2.24) is 5.32 Å². The predicted octanol–water partition coefficient (Wildman–Crippen LogP) is 3.46. The van der Waals surface area contributed by atoms with Gasteiger partial charge in [0.15, 0.2) is 0 Å². The summed E-state index contributed by atoms with van der Waals surface area (Å²) in [6.45, 7) is 8.28. The van der Waals surface area contributed by atoms with Gasteiger partial charge in [0.1, 0.15) is 0 Å². The molecule has 0 radical (unpaired) electrons. The molecule has 1 saturated carbocycles. The van der Waals surface area contributed by atoms with Gasteiger partial charge in [-0.25, -0.2) is 0 Å². The van der Waals surface area contributed by atoms with Crippen LogP contribution in [0.2, 0.25) is 0 Å². The fourth-order valence-corrected chi connectivity index (χ4v) is 1.93. The van der Waals surface area contributed by atoms with Crippen LogP contribution in [0.4, 0.5) is 0 Å². The molecule has 0 amide bonds. The molecular formula is C16H25NO. The molecule has 0 spiro atoms. The van der Waals surface area contributed by atoms with Crippen molar-refractivity contribution in [3.8, 4) is 0 Å². The van der Waals surface area contributed by atoms with Crippen molar-refractivity contribution in [3.05, 3.63) is 35.4 Å². The summed E-state index contributed by atoms with van der Waals surface area (Å²) in [5, 5.41) is 3.48. The van der Waals surface area contributed by atoms with Gasteiger partial charge in [-0.15, -0.1) is 0 Å². The molecule has 1 N–H and O–H groups in total. The number of rotatable bonds is 7. The van der Waals surface area contributed by atoms with Crippen LogP contribution in [0.1, 0.15) is 43.9 Å². The number of ether oxygens (including phenoxy) is 1. The van der Waals surface area contributed by atoms with Crippen LogP contribution in [0.25, 0.3) is 0 Å². The fourth-order valence-electron chi connectivity index (χ4n) is 1.93. The Kier molecular flexibility index (Phi) is 4.79. The molecule has 1 unspecified atom stereocenters. The lowest BCUT2D eigenvalue weighted by Gasteiger charge is -2.20. The number of benzene rings is 1. The first kappa shape index (κ1) is 13.6. The molecule has 1 fully saturated rings. The van der Waals surface area contributed by atoms with Gasteiger partial charge in [0.05, 0.1) is 12.7 Å². The topological polar surface area (TPSA) is 21.3 Å². The van der Waals surface area contributed by atoms with Gasteiger partial charge in [0.25, 0.3) is 0 Å². The zero-order valence-corrected chi connectivity index (χ0v) is 11.8. The molecule has 100 valence electrons. The van der Waals surface area contributed by atoms with Crippen molar-refractivity contribution in [2.45, 2.75) is 45.8 Å². The minimum Gasteiger partial charge on any atom is -0.372 e. The van der Waals surface area contributed by atoms with E-state index >= 15 is 0 Å². The zero-order chi connectivity index (χ0) is 13.0. The van der Waals surface area contributed by atoms with E-state index in [2.05, 4.69) is 50.4 Å². The maximum atomic E-state index is 6.08. The Bertz CT molecular complexity index is 348. The summed E-state index contributed by atoms with van der Waals surface area (Å²) in [4.78, 5) is 0. The molecule has 0 aliphatic heterocycles. The third-order valence-electron chi connectivity index (χ3n) is 3.39. The van der Waals surface area contributed by atoms with E-state index in [4.69, 9.17) is 4.74 Å². The Hall–Kier alpha value is -0.860. The van der Waals surface area contributed by atoms with E-state index in [-0.39, 0.29) is 6.10 Å². The van der Waals surface area contributed by atoms with E-state index in [1.54, 1.807) is 0 Å². The molecule has 0 bridgehead atoms. The Morgan fingerprint density at radius 1 is 1.22 bits per heavy atom. The molecule has 1 aromatic carbocycles. The van der Waals surface area contributed by atoms with E-state index in [1.165, 1.54) is 24.0 Å². The summed E-state index contributed by atoms with van der Waals surface area (Å²) in [6, 6.07) is 9.21.